The molecule has 0 unspecified atom stereocenters. The topological polar surface area (TPSA) is 50.4 Å². The Morgan fingerprint density at radius 2 is 2.00 bits per heavy atom. The summed E-state index contributed by atoms with van der Waals surface area (Å²) in [6, 6.07) is 11.8. The van der Waals surface area contributed by atoms with Gasteiger partial charge in [0.2, 0.25) is 0 Å². The van der Waals surface area contributed by atoms with E-state index >= 15 is 0 Å². The molecule has 0 saturated carbocycles. The van der Waals surface area contributed by atoms with Gasteiger partial charge >= 0.3 is 5.97 Å². The van der Waals surface area contributed by atoms with E-state index in [-0.39, 0.29) is 5.97 Å². The van der Waals surface area contributed by atoms with Crippen LogP contribution in [0.1, 0.15) is 37.0 Å². The standard InChI is InChI=1S/C18H22N2O2S2/c1-3-5-11-19-18(23)20-16-14(17(21)22-4-2)12-15(24-16)13-9-7-6-8-10-13/h6-10,12H,3-5,11H2,1-2H3,(H2,19,20,23). The number of ether oxygens (including phenoxy) is 1. The first-order valence-corrected chi connectivity index (χ1v) is 9.29. The lowest BCUT2D eigenvalue weighted by molar-refractivity contribution is 0.0528. The average molecular weight is 363 g/mol. The molecule has 128 valence electrons. The number of carbonyl (C=O) groups is 1. The van der Waals surface area contributed by atoms with E-state index in [9.17, 15) is 4.79 Å². The second kappa shape index (κ2) is 9.39. The average Bonchev–Trinajstić information content (AvgIpc) is 3.00. The Kier molecular flexibility index (Phi) is 7.21. The van der Waals surface area contributed by atoms with Gasteiger partial charge in [0.25, 0.3) is 0 Å². The largest absolute Gasteiger partial charge is 0.462 e. The molecular weight excluding hydrogens is 340 g/mol. The highest BCUT2D eigenvalue weighted by molar-refractivity contribution is 7.80. The number of rotatable bonds is 7. The number of thiocarbonyl (C=S) groups is 1. The molecule has 0 atom stereocenters. The van der Waals surface area contributed by atoms with Gasteiger partial charge in [-0.15, -0.1) is 11.3 Å². The van der Waals surface area contributed by atoms with Gasteiger partial charge in [-0.05, 0) is 37.2 Å². The van der Waals surface area contributed by atoms with Crippen molar-refractivity contribution in [2.75, 3.05) is 18.5 Å². The Morgan fingerprint density at radius 1 is 1.25 bits per heavy atom. The van der Waals surface area contributed by atoms with Crippen molar-refractivity contribution in [2.45, 2.75) is 26.7 Å². The SMILES string of the molecule is CCCCNC(=S)Nc1sc(-c2ccccc2)cc1C(=O)OCC. The van der Waals surface area contributed by atoms with Crippen LogP contribution in [0, 0.1) is 0 Å². The molecule has 4 nitrogen and oxygen atoms in total. The first kappa shape index (κ1) is 18.4. The molecule has 0 aliphatic rings. The van der Waals surface area contributed by atoms with Crippen LogP contribution in [0.3, 0.4) is 0 Å². The van der Waals surface area contributed by atoms with Crippen molar-refractivity contribution in [3.63, 3.8) is 0 Å². The zero-order chi connectivity index (χ0) is 17.4. The second-order valence-corrected chi connectivity index (χ2v) is 6.63. The van der Waals surface area contributed by atoms with Crippen LogP contribution >= 0.6 is 23.6 Å². The molecule has 2 aromatic rings. The Labute approximate surface area is 152 Å². The number of thiophene rings is 1. The quantitative estimate of drug-likeness (QED) is 0.425. The molecule has 0 fully saturated rings. The number of unbranched alkanes of at least 4 members (excludes halogenated alkanes) is 1. The molecule has 2 rings (SSSR count). The highest BCUT2D eigenvalue weighted by Gasteiger charge is 2.18. The first-order valence-electron chi connectivity index (χ1n) is 8.07. The first-order chi connectivity index (χ1) is 11.7. The number of anilines is 1. The predicted molar refractivity (Wildman–Crippen MR) is 105 cm³/mol. The number of carbonyl (C=O) groups excluding carboxylic acids is 1. The Bertz CT molecular complexity index is 684. The molecule has 24 heavy (non-hydrogen) atoms. The third kappa shape index (κ3) is 5.04. The zero-order valence-electron chi connectivity index (χ0n) is 13.9. The lowest BCUT2D eigenvalue weighted by Crippen LogP contribution is -2.29. The van der Waals surface area contributed by atoms with E-state index in [0.29, 0.717) is 22.3 Å². The van der Waals surface area contributed by atoms with Crippen molar-refractivity contribution < 1.29 is 9.53 Å². The monoisotopic (exact) mass is 362 g/mol. The van der Waals surface area contributed by atoms with Crippen LogP contribution in [0.25, 0.3) is 10.4 Å². The number of hydrogen-bond acceptors (Lipinski definition) is 4. The Hall–Kier alpha value is -1.92. The number of esters is 1. The van der Waals surface area contributed by atoms with Gasteiger partial charge < -0.3 is 15.4 Å². The fraction of sp³-hybridized carbons (Fsp3) is 0.333. The molecule has 1 aromatic carbocycles. The molecule has 0 amide bonds. The van der Waals surface area contributed by atoms with Crippen molar-refractivity contribution >= 4 is 39.6 Å². The lowest BCUT2D eigenvalue weighted by Gasteiger charge is -2.10. The fourth-order valence-electron chi connectivity index (χ4n) is 2.12. The van der Waals surface area contributed by atoms with Crippen molar-refractivity contribution in [1.82, 2.24) is 5.32 Å². The van der Waals surface area contributed by atoms with Crippen molar-refractivity contribution in [1.29, 1.82) is 0 Å². The summed E-state index contributed by atoms with van der Waals surface area (Å²) in [5.41, 5.74) is 1.58. The molecule has 1 aromatic heterocycles. The number of hydrogen-bond donors (Lipinski definition) is 2. The van der Waals surface area contributed by atoms with E-state index in [0.717, 1.165) is 29.8 Å². The summed E-state index contributed by atoms with van der Waals surface area (Å²) in [6.07, 6.45) is 2.15. The zero-order valence-corrected chi connectivity index (χ0v) is 15.6. The Morgan fingerprint density at radius 3 is 2.67 bits per heavy atom. The maximum atomic E-state index is 12.2. The molecule has 2 N–H and O–H groups in total. The molecular formula is C18H22N2O2S2. The predicted octanol–water partition coefficient (Wildman–Crippen LogP) is 4.68. The van der Waals surface area contributed by atoms with Gasteiger partial charge in [0.1, 0.15) is 5.00 Å². The fourth-order valence-corrected chi connectivity index (χ4v) is 3.44. The third-order valence-corrected chi connectivity index (χ3v) is 4.67. The van der Waals surface area contributed by atoms with Gasteiger partial charge in [-0.1, -0.05) is 43.7 Å². The molecule has 0 bridgehead atoms. The minimum atomic E-state index is -0.338. The highest BCUT2D eigenvalue weighted by atomic mass is 32.1. The molecule has 0 spiro atoms. The minimum absolute atomic E-state index is 0.338. The van der Waals surface area contributed by atoms with Crippen LogP contribution in [-0.2, 0) is 4.74 Å². The number of nitrogens with one attached hydrogen (secondary N) is 2. The van der Waals surface area contributed by atoms with Crippen LogP contribution in [0.4, 0.5) is 5.00 Å². The maximum absolute atomic E-state index is 12.2. The maximum Gasteiger partial charge on any atom is 0.341 e. The van der Waals surface area contributed by atoms with E-state index in [2.05, 4.69) is 17.6 Å². The highest BCUT2D eigenvalue weighted by Crippen LogP contribution is 2.35. The molecule has 1 heterocycles. The van der Waals surface area contributed by atoms with Gasteiger partial charge in [-0.3, -0.25) is 0 Å². The van der Waals surface area contributed by atoms with Crippen molar-refractivity contribution in [3.05, 3.63) is 42.0 Å². The van der Waals surface area contributed by atoms with Gasteiger partial charge in [0.15, 0.2) is 5.11 Å². The summed E-state index contributed by atoms with van der Waals surface area (Å²) in [6.45, 7) is 5.08. The van der Waals surface area contributed by atoms with E-state index < -0.39 is 0 Å². The summed E-state index contributed by atoms with van der Waals surface area (Å²) in [7, 11) is 0. The van der Waals surface area contributed by atoms with Crippen LogP contribution in [-0.4, -0.2) is 24.2 Å². The van der Waals surface area contributed by atoms with Gasteiger partial charge in [0.05, 0.1) is 12.2 Å². The van der Waals surface area contributed by atoms with Crippen LogP contribution < -0.4 is 10.6 Å². The van der Waals surface area contributed by atoms with Crippen molar-refractivity contribution in [2.24, 2.45) is 0 Å². The van der Waals surface area contributed by atoms with Gasteiger partial charge in [-0.2, -0.15) is 0 Å². The summed E-state index contributed by atoms with van der Waals surface area (Å²) < 4.78 is 5.16. The summed E-state index contributed by atoms with van der Waals surface area (Å²) in [4.78, 5) is 13.2. The molecule has 0 aliphatic carbocycles. The molecule has 0 aliphatic heterocycles. The lowest BCUT2D eigenvalue weighted by atomic mass is 10.1. The smallest absolute Gasteiger partial charge is 0.341 e. The van der Waals surface area contributed by atoms with Gasteiger partial charge in [-0.25, -0.2) is 4.79 Å². The van der Waals surface area contributed by atoms with Crippen LogP contribution in [0.5, 0.6) is 0 Å². The molecule has 0 radical (unpaired) electrons. The van der Waals surface area contributed by atoms with Crippen molar-refractivity contribution in [3.8, 4) is 10.4 Å². The summed E-state index contributed by atoms with van der Waals surface area (Å²) >= 11 is 6.81. The third-order valence-electron chi connectivity index (χ3n) is 3.33. The van der Waals surface area contributed by atoms with E-state index in [1.54, 1.807) is 6.92 Å². The Balaban J connectivity index is 2.22. The van der Waals surface area contributed by atoms with Crippen LogP contribution in [0.2, 0.25) is 0 Å². The number of benzene rings is 1. The summed E-state index contributed by atoms with van der Waals surface area (Å²) in [5, 5.41) is 7.52. The van der Waals surface area contributed by atoms with E-state index in [1.807, 2.05) is 36.4 Å². The van der Waals surface area contributed by atoms with Crippen LogP contribution in [0.15, 0.2) is 36.4 Å². The minimum Gasteiger partial charge on any atom is -0.462 e. The van der Waals surface area contributed by atoms with E-state index in [1.165, 1.54) is 11.3 Å². The normalized spacial score (nSPS) is 10.2. The molecule has 0 saturated heterocycles. The van der Waals surface area contributed by atoms with Gasteiger partial charge in [0, 0.05) is 11.4 Å². The summed E-state index contributed by atoms with van der Waals surface area (Å²) in [5.74, 6) is -0.338. The second-order valence-electron chi connectivity index (χ2n) is 5.17. The van der Waals surface area contributed by atoms with E-state index in [4.69, 9.17) is 17.0 Å². The molecule has 6 heteroatoms.